The van der Waals surface area contributed by atoms with Crippen molar-refractivity contribution >= 4 is 28.6 Å². The van der Waals surface area contributed by atoms with E-state index in [1.807, 2.05) is 0 Å². The molecule has 0 saturated carbocycles. The molecule has 216 valence electrons. The first-order valence-electron chi connectivity index (χ1n) is 12.8. The average Bonchev–Trinajstić information content (AvgIpc) is 3.23. The zero-order valence-corrected chi connectivity index (χ0v) is 22.7. The van der Waals surface area contributed by atoms with Crippen molar-refractivity contribution in [1.82, 2.24) is 14.5 Å². The van der Waals surface area contributed by atoms with Crippen LogP contribution in [-0.4, -0.2) is 45.2 Å². The number of rotatable bonds is 9. The van der Waals surface area contributed by atoms with Crippen LogP contribution in [0.5, 0.6) is 11.5 Å². The van der Waals surface area contributed by atoms with Gasteiger partial charge in [-0.05, 0) is 67.7 Å². The fraction of sp³-hybridized carbons (Fsp3) is 0.310. The summed E-state index contributed by atoms with van der Waals surface area (Å²) in [5.41, 5.74) is 1.49. The lowest BCUT2D eigenvalue weighted by Gasteiger charge is -2.32. The first-order valence-corrected chi connectivity index (χ1v) is 13.2. The van der Waals surface area contributed by atoms with Gasteiger partial charge in [0.05, 0.1) is 17.6 Å². The molecule has 7 nitrogen and oxygen atoms in total. The predicted molar refractivity (Wildman–Crippen MR) is 144 cm³/mol. The van der Waals surface area contributed by atoms with Gasteiger partial charge < -0.3 is 19.1 Å². The molecule has 1 N–H and O–H groups in total. The highest BCUT2D eigenvalue weighted by Gasteiger charge is 2.26. The zero-order valence-electron chi connectivity index (χ0n) is 21.9. The van der Waals surface area contributed by atoms with Gasteiger partial charge in [-0.25, -0.2) is 18.6 Å². The van der Waals surface area contributed by atoms with Crippen molar-refractivity contribution in [2.45, 2.75) is 38.5 Å². The van der Waals surface area contributed by atoms with Crippen molar-refractivity contribution < 1.29 is 36.9 Å². The molecule has 0 unspecified atom stereocenters. The maximum atomic E-state index is 14.2. The van der Waals surface area contributed by atoms with Gasteiger partial charge in [0.1, 0.15) is 35.3 Å². The van der Waals surface area contributed by atoms with Crippen LogP contribution in [0.4, 0.5) is 17.6 Å². The number of aryl methyl sites for hydroxylation is 1. The molecule has 5 rings (SSSR count). The Morgan fingerprint density at radius 3 is 2.54 bits per heavy atom. The van der Waals surface area contributed by atoms with E-state index in [-0.39, 0.29) is 34.4 Å². The number of piperidine rings is 1. The van der Waals surface area contributed by atoms with Crippen LogP contribution in [0, 0.1) is 11.6 Å². The largest absolute Gasteiger partial charge is 0.488 e. The van der Waals surface area contributed by atoms with E-state index in [1.165, 1.54) is 30.3 Å². The Labute approximate surface area is 237 Å². The van der Waals surface area contributed by atoms with Gasteiger partial charge in [0.2, 0.25) is 0 Å². The summed E-state index contributed by atoms with van der Waals surface area (Å²) in [5.74, 6) is -1.53. The second kappa shape index (κ2) is 12.0. The molecule has 41 heavy (non-hydrogen) atoms. The number of nitrogens with zero attached hydrogens (tertiary/aromatic N) is 3. The second-order valence-corrected chi connectivity index (χ2v) is 10.3. The van der Waals surface area contributed by atoms with Gasteiger partial charge in [0.15, 0.2) is 5.75 Å². The van der Waals surface area contributed by atoms with E-state index < -0.39 is 24.2 Å². The van der Waals surface area contributed by atoms with E-state index in [4.69, 9.17) is 16.3 Å². The first-order chi connectivity index (χ1) is 19.6. The van der Waals surface area contributed by atoms with E-state index in [0.717, 1.165) is 24.5 Å². The lowest BCUT2D eigenvalue weighted by atomic mass is 9.88. The Morgan fingerprint density at radius 2 is 1.85 bits per heavy atom. The molecule has 2 heterocycles. The fourth-order valence-electron chi connectivity index (χ4n) is 5.12. The van der Waals surface area contributed by atoms with Crippen molar-refractivity contribution in [2.24, 2.45) is 7.05 Å². The van der Waals surface area contributed by atoms with Gasteiger partial charge in [-0.3, -0.25) is 4.90 Å². The Bertz CT molecular complexity index is 1590. The summed E-state index contributed by atoms with van der Waals surface area (Å²) in [4.78, 5) is 18.2. The number of aromatic carboxylic acids is 1. The monoisotopic (exact) mass is 591 g/mol. The van der Waals surface area contributed by atoms with Crippen molar-refractivity contribution in [3.63, 3.8) is 0 Å². The summed E-state index contributed by atoms with van der Waals surface area (Å²) >= 11 is 5.82. The van der Waals surface area contributed by atoms with E-state index in [9.17, 15) is 27.5 Å². The highest BCUT2D eigenvalue weighted by Crippen LogP contribution is 2.36. The van der Waals surface area contributed by atoms with Gasteiger partial charge >= 0.3 is 12.6 Å². The molecule has 0 amide bonds. The third-order valence-electron chi connectivity index (χ3n) is 7.27. The molecular formula is C29H26ClF4N3O4. The van der Waals surface area contributed by atoms with Crippen LogP contribution >= 0.6 is 11.6 Å². The molecule has 1 aliphatic heterocycles. The zero-order chi connectivity index (χ0) is 29.3. The quantitative estimate of drug-likeness (QED) is 0.217. The Morgan fingerprint density at radius 1 is 1.10 bits per heavy atom. The van der Waals surface area contributed by atoms with Gasteiger partial charge in [-0.15, -0.1) is 0 Å². The number of carbonyl (C=O) groups is 1. The number of hydrogen-bond acceptors (Lipinski definition) is 5. The standard InChI is InChI=1S/C29H26ClF4N3O4/c1-36-23-10-18(28(38)39)11-25(41-29(33)34)27(23)35-26(36)14-37-8-6-16(7-9-37)21-5-4-20(31)13-24(21)40-15-17-2-3-19(30)12-22(17)32/h2-5,10-13,16,29H,6-9,14-15H2,1H3,(H,38,39). The van der Waals surface area contributed by atoms with Crippen LogP contribution in [0.25, 0.3) is 11.0 Å². The summed E-state index contributed by atoms with van der Waals surface area (Å²) in [5, 5.41) is 9.67. The topological polar surface area (TPSA) is 76.8 Å². The lowest BCUT2D eigenvalue weighted by Crippen LogP contribution is -2.33. The number of carboxylic acid groups (broad SMARTS) is 1. The van der Waals surface area contributed by atoms with Crippen LogP contribution in [0.1, 0.15) is 46.1 Å². The molecule has 1 fully saturated rings. The fourth-order valence-corrected chi connectivity index (χ4v) is 5.28. The van der Waals surface area contributed by atoms with Crippen molar-refractivity contribution in [3.05, 3.63) is 87.7 Å². The van der Waals surface area contributed by atoms with Gasteiger partial charge in [0.25, 0.3) is 0 Å². The van der Waals surface area contributed by atoms with Gasteiger partial charge in [0, 0.05) is 23.7 Å². The maximum absolute atomic E-state index is 14.2. The highest BCUT2D eigenvalue weighted by molar-refractivity contribution is 6.30. The molecule has 1 saturated heterocycles. The Kier molecular flexibility index (Phi) is 8.37. The van der Waals surface area contributed by atoms with E-state index in [0.29, 0.717) is 42.3 Å². The van der Waals surface area contributed by atoms with Crippen molar-refractivity contribution in [3.8, 4) is 11.5 Å². The number of ether oxygens (including phenoxy) is 2. The second-order valence-electron chi connectivity index (χ2n) is 9.87. The molecule has 1 aliphatic rings. The summed E-state index contributed by atoms with van der Waals surface area (Å²) < 4.78 is 66.4. The van der Waals surface area contributed by atoms with E-state index in [1.54, 1.807) is 23.7 Å². The number of likely N-dealkylation sites (tertiary alicyclic amines) is 1. The number of fused-ring (bicyclic) bond motifs is 1. The average molecular weight is 592 g/mol. The lowest BCUT2D eigenvalue weighted by molar-refractivity contribution is -0.0489. The Hall–Kier alpha value is -3.83. The van der Waals surface area contributed by atoms with Crippen LogP contribution in [0.3, 0.4) is 0 Å². The predicted octanol–water partition coefficient (Wildman–Crippen LogP) is 6.76. The molecule has 12 heteroatoms. The minimum absolute atomic E-state index is 0.0709. The number of aromatic nitrogens is 2. The molecule has 4 aromatic rings. The van der Waals surface area contributed by atoms with Gasteiger partial charge in [-0.1, -0.05) is 23.7 Å². The van der Waals surface area contributed by atoms with Crippen LogP contribution in [-0.2, 0) is 20.2 Å². The van der Waals surface area contributed by atoms with Crippen molar-refractivity contribution in [2.75, 3.05) is 13.1 Å². The SMILES string of the molecule is Cn1c(CN2CCC(c3ccc(F)cc3OCc3ccc(Cl)cc3F)CC2)nc2c(OC(F)F)cc(C(=O)O)cc21. The summed E-state index contributed by atoms with van der Waals surface area (Å²) in [6.07, 6.45) is 1.45. The third-order valence-corrected chi connectivity index (χ3v) is 7.51. The molecular weight excluding hydrogens is 566 g/mol. The molecule has 0 atom stereocenters. The number of carboxylic acids is 1. The summed E-state index contributed by atoms with van der Waals surface area (Å²) in [6, 6.07) is 11.1. The molecule has 0 bridgehead atoms. The Balaban J connectivity index is 1.29. The third kappa shape index (κ3) is 6.41. The molecule has 0 spiro atoms. The highest BCUT2D eigenvalue weighted by atomic mass is 35.5. The van der Waals surface area contributed by atoms with Crippen LogP contribution in [0.2, 0.25) is 5.02 Å². The normalized spacial score (nSPS) is 14.6. The molecule has 3 aromatic carbocycles. The molecule has 0 radical (unpaired) electrons. The van der Waals surface area contributed by atoms with Crippen molar-refractivity contribution in [1.29, 1.82) is 0 Å². The van der Waals surface area contributed by atoms with E-state index in [2.05, 4.69) is 14.6 Å². The number of imidazole rings is 1. The number of halogens is 5. The molecule has 0 aliphatic carbocycles. The number of hydrogen-bond donors (Lipinski definition) is 1. The summed E-state index contributed by atoms with van der Waals surface area (Å²) in [6.45, 7) is -1.48. The number of benzene rings is 3. The summed E-state index contributed by atoms with van der Waals surface area (Å²) in [7, 11) is 1.70. The molecule has 1 aromatic heterocycles. The number of alkyl halides is 2. The van der Waals surface area contributed by atoms with Gasteiger partial charge in [-0.2, -0.15) is 8.78 Å². The van der Waals surface area contributed by atoms with Crippen LogP contribution in [0.15, 0.2) is 48.5 Å². The minimum Gasteiger partial charge on any atom is -0.488 e. The van der Waals surface area contributed by atoms with Crippen LogP contribution < -0.4 is 9.47 Å². The minimum atomic E-state index is -3.13. The smallest absolute Gasteiger partial charge is 0.387 e. The maximum Gasteiger partial charge on any atom is 0.387 e. The first kappa shape index (κ1) is 28.7. The van der Waals surface area contributed by atoms with E-state index >= 15 is 0 Å².